The van der Waals surface area contributed by atoms with Gasteiger partial charge in [-0.25, -0.2) is 9.78 Å². The summed E-state index contributed by atoms with van der Waals surface area (Å²) in [7, 11) is 1.31. The number of amides is 2. The number of methoxy groups -OCH3 is 1. The minimum Gasteiger partial charge on any atom is -0.492 e. The lowest BCUT2D eigenvalue weighted by molar-refractivity contribution is -0.126. The molecule has 1 unspecified atom stereocenters. The number of thiazole rings is 1. The van der Waals surface area contributed by atoms with Gasteiger partial charge in [-0.15, -0.1) is 11.3 Å². The van der Waals surface area contributed by atoms with E-state index in [0.717, 1.165) is 0 Å². The molecule has 1 aliphatic heterocycles. The van der Waals surface area contributed by atoms with Gasteiger partial charge in [0.2, 0.25) is 11.8 Å². The third-order valence-corrected chi connectivity index (χ3v) is 4.87. The Labute approximate surface area is 160 Å². The summed E-state index contributed by atoms with van der Waals surface area (Å²) in [6.45, 7) is 0.872. The zero-order valence-corrected chi connectivity index (χ0v) is 15.5. The minimum atomic E-state index is -0.440. The summed E-state index contributed by atoms with van der Waals surface area (Å²) in [4.78, 5) is 41.5. The fraction of sp³-hybridized carbons (Fsp3) is 0.333. The Morgan fingerprint density at radius 2 is 2.26 bits per heavy atom. The van der Waals surface area contributed by atoms with Gasteiger partial charge >= 0.3 is 5.97 Å². The quantitative estimate of drug-likeness (QED) is 0.569. The first-order valence-corrected chi connectivity index (χ1v) is 9.25. The summed E-state index contributed by atoms with van der Waals surface area (Å²) in [6.07, 6.45) is 1.81. The van der Waals surface area contributed by atoms with Crippen molar-refractivity contribution in [2.45, 2.75) is 6.42 Å². The molecular weight excluding hydrogens is 370 g/mol. The number of nitrogens with one attached hydrogen (secondary N) is 1. The zero-order chi connectivity index (χ0) is 19.2. The summed E-state index contributed by atoms with van der Waals surface area (Å²) in [5, 5.41) is 5.19. The van der Waals surface area contributed by atoms with E-state index in [1.165, 1.54) is 18.4 Å². The van der Waals surface area contributed by atoms with Crippen molar-refractivity contribution in [2.75, 3.05) is 31.7 Å². The first kappa shape index (κ1) is 18.8. The lowest BCUT2D eigenvalue weighted by Crippen LogP contribution is -2.35. The molecule has 0 spiro atoms. The van der Waals surface area contributed by atoms with Gasteiger partial charge in [-0.2, -0.15) is 0 Å². The summed E-state index contributed by atoms with van der Waals surface area (Å²) < 4.78 is 10.2. The molecule has 1 aromatic heterocycles. The molecule has 0 radical (unpaired) electrons. The highest BCUT2D eigenvalue weighted by Crippen LogP contribution is 2.26. The van der Waals surface area contributed by atoms with E-state index in [4.69, 9.17) is 4.74 Å². The van der Waals surface area contributed by atoms with Gasteiger partial charge in [0.25, 0.3) is 0 Å². The van der Waals surface area contributed by atoms with E-state index in [0.29, 0.717) is 29.5 Å². The number of rotatable bonds is 7. The number of carbonyl (C=O) groups excluding carboxylic acids is 3. The molecule has 3 rings (SSSR count). The number of aromatic nitrogens is 1. The molecule has 0 bridgehead atoms. The summed E-state index contributed by atoms with van der Waals surface area (Å²) in [5.74, 6) is -0.609. The summed E-state index contributed by atoms with van der Waals surface area (Å²) in [6, 6.07) is 6.62. The van der Waals surface area contributed by atoms with Crippen molar-refractivity contribution in [1.29, 1.82) is 0 Å². The number of ether oxygens (including phenoxy) is 2. The molecule has 0 saturated carbocycles. The average molecular weight is 389 g/mol. The van der Waals surface area contributed by atoms with E-state index in [-0.39, 0.29) is 24.8 Å². The first-order valence-electron chi connectivity index (χ1n) is 8.37. The number of hydrogen-bond donors (Lipinski definition) is 1. The van der Waals surface area contributed by atoms with E-state index in [9.17, 15) is 14.4 Å². The van der Waals surface area contributed by atoms with Crippen LogP contribution in [0.5, 0.6) is 5.75 Å². The summed E-state index contributed by atoms with van der Waals surface area (Å²) >= 11 is 1.37. The Hall–Kier alpha value is -2.94. The molecular formula is C18H19N3O5S. The number of benzene rings is 1. The lowest BCUT2D eigenvalue weighted by Gasteiger charge is -2.13. The molecule has 142 valence electrons. The second-order valence-corrected chi connectivity index (χ2v) is 6.75. The molecule has 1 aliphatic rings. The second-order valence-electron chi connectivity index (χ2n) is 5.88. The van der Waals surface area contributed by atoms with E-state index in [2.05, 4.69) is 15.0 Å². The topological polar surface area (TPSA) is 97.8 Å². The van der Waals surface area contributed by atoms with Crippen molar-refractivity contribution >= 4 is 34.3 Å². The Bertz CT molecular complexity index is 824. The maximum Gasteiger partial charge on any atom is 0.337 e. The van der Waals surface area contributed by atoms with Crippen LogP contribution in [0.3, 0.4) is 0 Å². The van der Waals surface area contributed by atoms with Gasteiger partial charge in [0.1, 0.15) is 12.4 Å². The molecule has 1 aromatic carbocycles. The van der Waals surface area contributed by atoms with Gasteiger partial charge in [-0.3, -0.25) is 14.5 Å². The van der Waals surface area contributed by atoms with Crippen LogP contribution < -0.4 is 15.0 Å². The predicted octanol–water partition coefficient (Wildman–Crippen LogP) is 1.48. The first-order chi connectivity index (χ1) is 13.1. The molecule has 2 heterocycles. The molecule has 1 N–H and O–H groups in total. The Balaban J connectivity index is 1.44. The molecule has 27 heavy (non-hydrogen) atoms. The average Bonchev–Trinajstić information content (AvgIpc) is 3.34. The fourth-order valence-corrected chi connectivity index (χ4v) is 3.40. The van der Waals surface area contributed by atoms with Crippen molar-refractivity contribution in [3.63, 3.8) is 0 Å². The zero-order valence-electron chi connectivity index (χ0n) is 14.7. The van der Waals surface area contributed by atoms with Crippen LogP contribution in [0, 0.1) is 5.92 Å². The Morgan fingerprint density at radius 3 is 3.00 bits per heavy atom. The van der Waals surface area contributed by atoms with Crippen molar-refractivity contribution in [2.24, 2.45) is 5.92 Å². The standard InChI is InChI=1S/C18H19N3O5S/c1-25-17(24)12-3-2-4-14(9-12)26-7-5-19-16(23)13-10-15(22)21(11-13)18-20-6-8-27-18/h2-4,6,8-9,13H,5,7,10-11H2,1H3,(H,19,23). The lowest BCUT2D eigenvalue weighted by atomic mass is 10.1. The monoisotopic (exact) mass is 389 g/mol. The van der Waals surface area contributed by atoms with Gasteiger partial charge in [0.15, 0.2) is 5.13 Å². The highest BCUT2D eigenvalue weighted by Gasteiger charge is 2.35. The van der Waals surface area contributed by atoms with Crippen LogP contribution in [0.4, 0.5) is 5.13 Å². The molecule has 2 amide bonds. The maximum absolute atomic E-state index is 12.3. The van der Waals surface area contributed by atoms with Crippen molar-refractivity contribution in [3.8, 4) is 5.75 Å². The normalized spacial score (nSPS) is 16.3. The second kappa shape index (κ2) is 8.63. The Morgan fingerprint density at radius 1 is 1.41 bits per heavy atom. The van der Waals surface area contributed by atoms with Crippen molar-refractivity contribution in [1.82, 2.24) is 10.3 Å². The van der Waals surface area contributed by atoms with Crippen LogP contribution in [0.2, 0.25) is 0 Å². The van der Waals surface area contributed by atoms with Gasteiger partial charge in [0, 0.05) is 24.5 Å². The van der Waals surface area contributed by atoms with E-state index < -0.39 is 11.9 Å². The van der Waals surface area contributed by atoms with Crippen molar-refractivity contribution in [3.05, 3.63) is 41.4 Å². The number of anilines is 1. The van der Waals surface area contributed by atoms with E-state index in [1.807, 2.05) is 0 Å². The molecule has 9 heteroatoms. The predicted molar refractivity (Wildman–Crippen MR) is 98.9 cm³/mol. The maximum atomic E-state index is 12.3. The summed E-state index contributed by atoms with van der Waals surface area (Å²) in [5.41, 5.74) is 0.394. The van der Waals surface area contributed by atoms with Crippen LogP contribution in [0.25, 0.3) is 0 Å². The third-order valence-electron chi connectivity index (χ3n) is 4.07. The van der Waals surface area contributed by atoms with Crippen LogP contribution in [0.15, 0.2) is 35.8 Å². The van der Waals surface area contributed by atoms with Gasteiger partial charge in [-0.05, 0) is 18.2 Å². The van der Waals surface area contributed by atoms with Crippen LogP contribution >= 0.6 is 11.3 Å². The molecule has 0 aliphatic carbocycles. The van der Waals surface area contributed by atoms with Crippen LogP contribution in [-0.4, -0.2) is 49.6 Å². The molecule has 1 saturated heterocycles. The molecule has 1 fully saturated rings. The third kappa shape index (κ3) is 4.62. The fourth-order valence-electron chi connectivity index (χ4n) is 2.74. The minimum absolute atomic E-state index is 0.0963. The molecule has 2 aromatic rings. The van der Waals surface area contributed by atoms with Gasteiger partial charge in [0.05, 0.1) is 25.1 Å². The van der Waals surface area contributed by atoms with Crippen LogP contribution in [-0.2, 0) is 14.3 Å². The molecule has 1 atom stereocenters. The number of hydrogen-bond acceptors (Lipinski definition) is 7. The van der Waals surface area contributed by atoms with Crippen molar-refractivity contribution < 1.29 is 23.9 Å². The Kier molecular flexibility index (Phi) is 6.02. The largest absolute Gasteiger partial charge is 0.492 e. The van der Waals surface area contributed by atoms with E-state index in [1.54, 1.807) is 40.7 Å². The number of carbonyl (C=O) groups is 3. The molecule has 8 nitrogen and oxygen atoms in total. The van der Waals surface area contributed by atoms with Gasteiger partial charge < -0.3 is 14.8 Å². The van der Waals surface area contributed by atoms with E-state index >= 15 is 0 Å². The number of nitrogens with zero attached hydrogens (tertiary/aromatic N) is 2. The highest BCUT2D eigenvalue weighted by molar-refractivity contribution is 7.13. The SMILES string of the molecule is COC(=O)c1cccc(OCCNC(=O)C2CC(=O)N(c3nccs3)C2)c1. The van der Waals surface area contributed by atoms with Gasteiger partial charge in [-0.1, -0.05) is 6.07 Å². The number of esters is 1. The smallest absolute Gasteiger partial charge is 0.337 e. The van der Waals surface area contributed by atoms with Crippen LogP contribution in [0.1, 0.15) is 16.8 Å². The highest BCUT2D eigenvalue weighted by atomic mass is 32.1.